The Morgan fingerprint density at radius 1 is 1.03 bits per heavy atom. The van der Waals surface area contributed by atoms with Crippen LogP contribution in [0.15, 0.2) is 47.4 Å². The van der Waals surface area contributed by atoms with Crippen molar-refractivity contribution < 1.29 is 22.7 Å². The molecule has 0 radical (unpaired) electrons. The lowest BCUT2D eigenvalue weighted by atomic mass is 10.1. The van der Waals surface area contributed by atoms with E-state index < -0.39 is 10.0 Å². The molecule has 31 heavy (non-hydrogen) atoms. The van der Waals surface area contributed by atoms with Gasteiger partial charge in [0.1, 0.15) is 12.4 Å². The van der Waals surface area contributed by atoms with Crippen molar-refractivity contribution in [2.24, 2.45) is 0 Å². The van der Waals surface area contributed by atoms with E-state index in [1.165, 1.54) is 4.31 Å². The minimum Gasteiger partial charge on any atom is -0.492 e. The summed E-state index contributed by atoms with van der Waals surface area (Å²) in [7, 11) is -3.51. The summed E-state index contributed by atoms with van der Waals surface area (Å²) in [6.07, 6.45) is 0. The number of ether oxygens (including phenoxy) is 2. The van der Waals surface area contributed by atoms with Crippen molar-refractivity contribution in [1.82, 2.24) is 14.9 Å². The molecule has 2 amide bonds. The van der Waals surface area contributed by atoms with E-state index in [0.29, 0.717) is 46.0 Å². The summed E-state index contributed by atoms with van der Waals surface area (Å²) in [5.41, 5.74) is 3.07. The number of sulfonamides is 1. The van der Waals surface area contributed by atoms with Gasteiger partial charge < -0.3 is 20.1 Å². The lowest BCUT2D eigenvalue weighted by Gasteiger charge is -2.26. The van der Waals surface area contributed by atoms with Crippen molar-refractivity contribution in [3.8, 4) is 5.75 Å². The minimum absolute atomic E-state index is 0.242. The van der Waals surface area contributed by atoms with Crippen molar-refractivity contribution in [2.45, 2.75) is 25.3 Å². The van der Waals surface area contributed by atoms with Crippen LogP contribution in [0.1, 0.15) is 16.7 Å². The summed E-state index contributed by atoms with van der Waals surface area (Å²) in [6, 6.07) is 12.2. The SMILES string of the molecule is Cc1cc(C)cc(OCCNC(=O)NCc2ccc(S(=O)(=O)N3CCOCC3)cc2)c1. The summed E-state index contributed by atoms with van der Waals surface area (Å²) in [5.74, 6) is 0.784. The number of morpholine rings is 1. The number of nitrogens with one attached hydrogen (secondary N) is 2. The van der Waals surface area contributed by atoms with Crippen LogP contribution in [-0.4, -0.2) is 58.2 Å². The number of hydrogen-bond acceptors (Lipinski definition) is 5. The van der Waals surface area contributed by atoms with Crippen molar-refractivity contribution >= 4 is 16.1 Å². The highest BCUT2D eigenvalue weighted by Gasteiger charge is 2.26. The van der Waals surface area contributed by atoms with Crippen LogP contribution in [0.2, 0.25) is 0 Å². The van der Waals surface area contributed by atoms with Crippen molar-refractivity contribution in [3.05, 3.63) is 59.2 Å². The monoisotopic (exact) mass is 447 g/mol. The number of rotatable bonds is 8. The summed E-state index contributed by atoms with van der Waals surface area (Å²) in [4.78, 5) is 12.2. The average molecular weight is 448 g/mol. The molecule has 0 atom stereocenters. The average Bonchev–Trinajstić information content (AvgIpc) is 2.75. The lowest BCUT2D eigenvalue weighted by molar-refractivity contribution is 0.0730. The molecule has 3 rings (SSSR count). The van der Waals surface area contributed by atoms with Gasteiger partial charge in [-0.15, -0.1) is 0 Å². The van der Waals surface area contributed by atoms with Crippen molar-refractivity contribution in [2.75, 3.05) is 39.5 Å². The predicted octanol–water partition coefficient (Wildman–Crippen LogP) is 2.20. The van der Waals surface area contributed by atoms with Crippen LogP contribution in [0.25, 0.3) is 0 Å². The van der Waals surface area contributed by atoms with Crippen LogP contribution in [0.3, 0.4) is 0 Å². The van der Waals surface area contributed by atoms with E-state index in [1.54, 1.807) is 24.3 Å². The number of nitrogens with zero attached hydrogens (tertiary/aromatic N) is 1. The number of urea groups is 1. The van der Waals surface area contributed by atoms with Crippen LogP contribution in [0.5, 0.6) is 5.75 Å². The maximum Gasteiger partial charge on any atom is 0.315 e. The third-order valence-corrected chi connectivity index (χ3v) is 6.75. The first-order valence-electron chi connectivity index (χ1n) is 10.2. The Balaban J connectivity index is 1.41. The molecule has 2 aromatic rings. The molecule has 0 bridgehead atoms. The number of carbonyl (C=O) groups is 1. The van der Waals surface area contributed by atoms with Gasteiger partial charge in [-0.1, -0.05) is 18.2 Å². The van der Waals surface area contributed by atoms with Gasteiger partial charge >= 0.3 is 6.03 Å². The third kappa shape index (κ3) is 6.68. The first kappa shape index (κ1) is 23.1. The third-order valence-electron chi connectivity index (χ3n) is 4.84. The largest absolute Gasteiger partial charge is 0.492 e. The quantitative estimate of drug-likeness (QED) is 0.605. The van der Waals surface area contributed by atoms with Gasteiger partial charge in [-0.25, -0.2) is 13.2 Å². The molecule has 1 aliphatic heterocycles. The number of benzene rings is 2. The van der Waals surface area contributed by atoms with E-state index in [2.05, 4.69) is 16.7 Å². The van der Waals surface area contributed by atoms with E-state index >= 15 is 0 Å². The van der Waals surface area contributed by atoms with E-state index in [4.69, 9.17) is 9.47 Å². The second kappa shape index (κ2) is 10.6. The molecule has 8 nitrogen and oxygen atoms in total. The maximum atomic E-state index is 12.6. The molecule has 0 spiro atoms. The molecule has 0 aromatic heterocycles. The summed E-state index contributed by atoms with van der Waals surface area (Å²) in [6.45, 7) is 6.59. The molecule has 1 fully saturated rings. The first-order chi connectivity index (χ1) is 14.8. The maximum absolute atomic E-state index is 12.6. The fourth-order valence-electron chi connectivity index (χ4n) is 3.31. The molecular formula is C22H29N3O5S. The van der Waals surface area contributed by atoms with E-state index in [-0.39, 0.29) is 10.9 Å². The van der Waals surface area contributed by atoms with Gasteiger partial charge in [0.2, 0.25) is 10.0 Å². The van der Waals surface area contributed by atoms with Gasteiger partial charge in [-0.05, 0) is 54.8 Å². The Hall–Kier alpha value is -2.62. The Bertz CT molecular complexity index is 966. The van der Waals surface area contributed by atoms with Crippen molar-refractivity contribution in [1.29, 1.82) is 0 Å². The number of carbonyl (C=O) groups excluding carboxylic acids is 1. The highest BCUT2D eigenvalue weighted by atomic mass is 32.2. The molecular weight excluding hydrogens is 418 g/mol. The van der Waals surface area contributed by atoms with Gasteiger partial charge in [0, 0.05) is 19.6 Å². The van der Waals surface area contributed by atoms with Crippen molar-refractivity contribution in [3.63, 3.8) is 0 Å². The van der Waals surface area contributed by atoms with Gasteiger partial charge in [0.25, 0.3) is 0 Å². The zero-order valence-corrected chi connectivity index (χ0v) is 18.7. The standard InChI is InChI=1S/C22H29N3O5S/c1-17-13-18(2)15-20(14-17)30-10-7-23-22(26)24-16-19-3-5-21(6-4-19)31(27,28)25-8-11-29-12-9-25/h3-6,13-15H,7-12,16H2,1-2H3,(H2,23,24,26). The van der Waals surface area contributed by atoms with E-state index in [0.717, 1.165) is 22.4 Å². The Morgan fingerprint density at radius 2 is 1.68 bits per heavy atom. The highest BCUT2D eigenvalue weighted by molar-refractivity contribution is 7.89. The van der Waals surface area contributed by atoms with Gasteiger partial charge in [-0.3, -0.25) is 0 Å². The van der Waals surface area contributed by atoms with Crippen LogP contribution in [-0.2, 0) is 21.3 Å². The first-order valence-corrected chi connectivity index (χ1v) is 11.7. The van der Waals surface area contributed by atoms with Crippen LogP contribution < -0.4 is 15.4 Å². The van der Waals surface area contributed by atoms with E-state index in [9.17, 15) is 13.2 Å². The molecule has 2 aromatic carbocycles. The fraction of sp³-hybridized carbons (Fsp3) is 0.409. The fourth-order valence-corrected chi connectivity index (χ4v) is 4.72. The number of hydrogen-bond donors (Lipinski definition) is 2. The van der Waals surface area contributed by atoms with Gasteiger partial charge in [0.15, 0.2) is 0 Å². The smallest absolute Gasteiger partial charge is 0.315 e. The molecule has 0 unspecified atom stereocenters. The number of amides is 2. The normalized spacial score (nSPS) is 14.8. The zero-order chi connectivity index (χ0) is 22.3. The molecule has 1 saturated heterocycles. The van der Waals surface area contributed by atoms with Crippen LogP contribution >= 0.6 is 0 Å². The molecule has 0 aliphatic carbocycles. The molecule has 1 heterocycles. The molecule has 2 N–H and O–H groups in total. The van der Waals surface area contributed by atoms with Gasteiger partial charge in [0.05, 0.1) is 24.7 Å². The molecule has 9 heteroatoms. The second-order valence-corrected chi connectivity index (χ2v) is 9.38. The van der Waals surface area contributed by atoms with E-state index in [1.807, 2.05) is 26.0 Å². The highest BCUT2D eigenvalue weighted by Crippen LogP contribution is 2.18. The summed E-state index contributed by atoms with van der Waals surface area (Å²) >= 11 is 0. The number of aryl methyl sites for hydroxylation is 2. The zero-order valence-electron chi connectivity index (χ0n) is 17.9. The summed E-state index contributed by atoms with van der Waals surface area (Å²) < 4.78 is 37.6. The van der Waals surface area contributed by atoms with Gasteiger partial charge in [-0.2, -0.15) is 4.31 Å². The Kier molecular flexibility index (Phi) is 7.89. The topological polar surface area (TPSA) is 97.0 Å². The molecule has 168 valence electrons. The minimum atomic E-state index is -3.51. The van der Waals surface area contributed by atoms with Crippen LogP contribution in [0.4, 0.5) is 4.79 Å². The Morgan fingerprint density at radius 3 is 2.32 bits per heavy atom. The molecule has 0 saturated carbocycles. The Labute approximate surface area is 183 Å². The van der Waals surface area contributed by atoms with Crippen LogP contribution in [0, 0.1) is 13.8 Å². The predicted molar refractivity (Wildman–Crippen MR) is 118 cm³/mol. The second-order valence-electron chi connectivity index (χ2n) is 7.44. The summed E-state index contributed by atoms with van der Waals surface area (Å²) in [5, 5.41) is 5.50. The lowest BCUT2D eigenvalue weighted by Crippen LogP contribution is -2.40. The molecule has 1 aliphatic rings.